The van der Waals surface area contributed by atoms with Gasteiger partial charge in [0.2, 0.25) is 0 Å². The van der Waals surface area contributed by atoms with Gasteiger partial charge in [-0.25, -0.2) is 4.98 Å². The van der Waals surface area contributed by atoms with Crippen LogP contribution in [0.15, 0.2) is 29.1 Å². The quantitative estimate of drug-likeness (QED) is 0.917. The number of likely N-dealkylation sites (N-methyl/N-ethyl adjacent to an activating group) is 1. The van der Waals surface area contributed by atoms with Crippen LogP contribution in [0.1, 0.15) is 17.3 Å². The highest BCUT2D eigenvalue weighted by molar-refractivity contribution is 7.07. The number of hydrogen-bond donors (Lipinski definition) is 1. The SMILES string of the molecule is CN(Cc1cscn1)C(CN)c1cccc(Cl)c1Cl. The lowest BCUT2D eigenvalue weighted by Gasteiger charge is -2.27. The van der Waals surface area contributed by atoms with E-state index in [1.807, 2.05) is 30.1 Å². The molecule has 3 nitrogen and oxygen atoms in total. The molecular formula is C13H15Cl2N3S. The van der Waals surface area contributed by atoms with Gasteiger partial charge in [0.05, 0.1) is 21.2 Å². The Morgan fingerprint density at radius 3 is 2.84 bits per heavy atom. The minimum atomic E-state index is 0.0212. The zero-order valence-electron chi connectivity index (χ0n) is 10.5. The Balaban J connectivity index is 2.21. The first-order chi connectivity index (χ1) is 9.13. The van der Waals surface area contributed by atoms with Crippen molar-refractivity contribution in [3.05, 3.63) is 50.4 Å². The van der Waals surface area contributed by atoms with Gasteiger partial charge in [0.1, 0.15) is 0 Å². The molecular weight excluding hydrogens is 301 g/mol. The zero-order chi connectivity index (χ0) is 13.8. The van der Waals surface area contributed by atoms with E-state index in [0.29, 0.717) is 16.6 Å². The molecule has 0 radical (unpaired) electrons. The Morgan fingerprint density at radius 1 is 1.42 bits per heavy atom. The van der Waals surface area contributed by atoms with Crippen LogP contribution in [-0.2, 0) is 6.54 Å². The average Bonchev–Trinajstić information content (AvgIpc) is 2.88. The third-order valence-electron chi connectivity index (χ3n) is 2.99. The Labute approximate surface area is 127 Å². The van der Waals surface area contributed by atoms with Crippen molar-refractivity contribution in [2.24, 2.45) is 5.73 Å². The lowest BCUT2D eigenvalue weighted by Crippen LogP contribution is -2.30. The van der Waals surface area contributed by atoms with Crippen LogP contribution in [0, 0.1) is 0 Å². The van der Waals surface area contributed by atoms with E-state index in [-0.39, 0.29) is 6.04 Å². The second-order valence-corrected chi connectivity index (χ2v) is 5.79. The van der Waals surface area contributed by atoms with E-state index >= 15 is 0 Å². The van der Waals surface area contributed by atoms with Gasteiger partial charge in [0.25, 0.3) is 0 Å². The number of nitrogens with zero attached hydrogens (tertiary/aromatic N) is 2. The van der Waals surface area contributed by atoms with Gasteiger partial charge in [-0.2, -0.15) is 0 Å². The summed E-state index contributed by atoms with van der Waals surface area (Å²) in [6.45, 7) is 1.20. The number of halogens is 2. The summed E-state index contributed by atoms with van der Waals surface area (Å²) in [5.41, 5.74) is 9.70. The van der Waals surface area contributed by atoms with E-state index in [9.17, 15) is 0 Å². The summed E-state index contributed by atoms with van der Waals surface area (Å²) < 4.78 is 0. The number of hydrogen-bond acceptors (Lipinski definition) is 4. The molecule has 1 heterocycles. The van der Waals surface area contributed by atoms with Crippen LogP contribution < -0.4 is 5.73 Å². The van der Waals surface area contributed by atoms with Crippen LogP contribution in [0.25, 0.3) is 0 Å². The van der Waals surface area contributed by atoms with Gasteiger partial charge in [0.15, 0.2) is 0 Å². The van der Waals surface area contributed by atoms with E-state index in [4.69, 9.17) is 28.9 Å². The molecule has 2 aromatic rings. The van der Waals surface area contributed by atoms with Crippen LogP contribution in [-0.4, -0.2) is 23.5 Å². The molecule has 0 aliphatic heterocycles. The van der Waals surface area contributed by atoms with Crippen molar-refractivity contribution in [1.82, 2.24) is 9.88 Å². The number of aromatic nitrogens is 1. The van der Waals surface area contributed by atoms with Gasteiger partial charge in [0, 0.05) is 24.5 Å². The van der Waals surface area contributed by atoms with Crippen LogP contribution >= 0.6 is 34.5 Å². The molecule has 1 unspecified atom stereocenters. The van der Waals surface area contributed by atoms with Crippen molar-refractivity contribution >= 4 is 34.5 Å². The molecule has 0 amide bonds. The van der Waals surface area contributed by atoms with E-state index in [0.717, 1.165) is 17.8 Å². The fourth-order valence-corrected chi connectivity index (χ4v) is 2.99. The van der Waals surface area contributed by atoms with Crippen molar-refractivity contribution in [1.29, 1.82) is 0 Å². The Morgan fingerprint density at radius 2 is 2.21 bits per heavy atom. The zero-order valence-corrected chi connectivity index (χ0v) is 12.8. The Bertz CT molecular complexity index is 531. The van der Waals surface area contributed by atoms with Crippen molar-refractivity contribution < 1.29 is 0 Å². The highest BCUT2D eigenvalue weighted by Gasteiger charge is 2.20. The minimum absolute atomic E-state index is 0.0212. The van der Waals surface area contributed by atoms with Gasteiger partial charge in [-0.05, 0) is 18.7 Å². The van der Waals surface area contributed by atoms with Crippen molar-refractivity contribution in [2.45, 2.75) is 12.6 Å². The number of benzene rings is 1. The molecule has 6 heteroatoms. The number of thiazole rings is 1. The largest absolute Gasteiger partial charge is 0.329 e. The summed E-state index contributed by atoms with van der Waals surface area (Å²) >= 11 is 13.9. The first-order valence-electron chi connectivity index (χ1n) is 5.84. The van der Waals surface area contributed by atoms with Gasteiger partial charge in [-0.1, -0.05) is 35.3 Å². The highest BCUT2D eigenvalue weighted by Crippen LogP contribution is 2.32. The predicted octanol–water partition coefficient (Wildman–Crippen LogP) is 3.58. The molecule has 2 N–H and O–H groups in total. The van der Waals surface area contributed by atoms with E-state index in [2.05, 4.69) is 9.88 Å². The standard InChI is InChI=1S/C13H15Cl2N3S/c1-18(6-9-7-19-8-17-9)12(5-16)10-3-2-4-11(14)13(10)15/h2-4,7-8,12H,5-6,16H2,1H3. The molecule has 1 aromatic carbocycles. The minimum Gasteiger partial charge on any atom is -0.329 e. The van der Waals surface area contributed by atoms with Crippen molar-refractivity contribution in [3.63, 3.8) is 0 Å². The van der Waals surface area contributed by atoms with E-state index in [1.165, 1.54) is 0 Å². The molecule has 0 fully saturated rings. The van der Waals surface area contributed by atoms with Crippen molar-refractivity contribution in [2.75, 3.05) is 13.6 Å². The van der Waals surface area contributed by atoms with Crippen LogP contribution in [0.5, 0.6) is 0 Å². The molecule has 1 aromatic heterocycles. The van der Waals surface area contributed by atoms with Gasteiger partial charge >= 0.3 is 0 Å². The summed E-state index contributed by atoms with van der Waals surface area (Å²) in [6, 6.07) is 5.65. The second kappa shape index (κ2) is 6.68. The average molecular weight is 316 g/mol. The highest BCUT2D eigenvalue weighted by atomic mass is 35.5. The topological polar surface area (TPSA) is 42.2 Å². The van der Waals surface area contributed by atoms with Gasteiger partial charge in [-0.3, -0.25) is 4.90 Å². The smallest absolute Gasteiger partial charge is 0.0795 e. The maximum Gasteiger partial charge on any atom is 0.0795 e. The van der Waals surface area contributed by atoms with Gasteiger partial charge in [-0.15, -0.1) is 11.3 Å². The lowest BCUT2D eigenvalue weighted by molar-refractivity contribution is 0.239. The first-order valence-corrected chi connectivity index (χ1v) is 7.54. The summed E-state index contributed by atoms with van der Waals surface area (Å²) in [7, 11) is 2.01. The normalized spacial score (nSPS) is 12.9. The molecule has 19 heavy (non-hydrogen) atoms. The molecule has 0 aliphatic carbocycles. The second-order valence-electron chi connectivity index (χ2n) is 4.29. The lowest BCUT2D eigenvalue weighted by atomic mass is 10.1. The Hall–Kier alpha value is -0.650. The maximum absolute atomic E-state index is 6.26. The molecule has 0 bridgehead atoms. The summed E-state index contributed by atoms with van der Waals surface area (Å²) in [6.07, 6.45) is 0. The molecule has 1 atom stereocenters. The molecule has 0 aliphatic rings. The van der Waals surface area contributed by atoms with Crippen LogP contribution in [0.3, 0.4) is 0 Å². The van der Waals surface area contributed by atoms with Crippen molar-refractivity contribution in [3.8, 4) is 0 Å². The number of rotatable bonds is 5. The summed E-state index contributed by atoms with van der Waals surface area (Å²) in [5, 5.41) is 3.16. The molecule has 102 valence electrons. The third kappa shape index (κ3) is 3.46. The fraction of sp³-hybridized carbons (Fsp3) is 0.308. The number of nitrogens with two attached hydrogens (primary N) is 1. The monoisotopic (exact) mass is 315 g/mol. The molecule has 2 rings (SSSR count). The first kappa shape index (κ1) is 14.8. The van der Waals surface area contributed by atoms with Crippen LogP contribution in [0.2, 0.25) is 10.0 Å². The molecule has 0 spiro atoms. The van der Waals surface area contributed by atoms with Crippen LogP contribution in [0.4, 0.5) is 0 Å². The van der Waals surface area contributed by atoms with E-state index < -0.39 is 0 Å². The molecule has 0 saturated carbocycles. The summed E-state index contributed by atoms with van der Waals surface area (Å²) in [5.74, 6) is 0. The predicted molar refractivity (Wildman–Crippen MR) is 81.8 cm³/mol. The van der Waals surface area contributed by atoms with Gasteiger partial charge < -0.3 is 5.73 Å². The maximum atomic E-state index is 6.26. The third-order valence-corrected chi connectivity index (χ3v) is 4.46. The fourth-order valence-electron chi connectivity index (χ4n) is 2.00. The molecule has 0 saturated heterocycles. The summed E-state index contributed by atoms with van der Waals surface area (Å²) in [4.78, 5) is 6.42. The Kier molecular flexibility index (Phi) is 5.19. The van der Waals surface area contributed by atoms with E-state index in [1.54, 1.807) is 17.4 Å².